The standard InChI is InChI=1S/C19H26FN3O3/c1-3-14(26-17-9-6-5-8-15(17)20)12-22-19(21-4-2)23-13-16(24)18-10-7-11-25-18/h5-11,14,16,24H,3-4,12-13H2,1-2H3,(H2,21,22,23). The Hall–Kier alpha value is -2.54. The van der Waals surface area contributed by atoms with Crippen molar-refractivity contribution in [3.8, 4) is 5.75 Å². The molecule has 0 aliphatic heterocycles. The lowest BCUT2D eigenvalue weighted by Crippen LogP contribution is -2.42. The summed E-state index contributed by atoms with van der Waals surface area (Å²) in [5, 5.41) is 16.3. The molecule has 0 radical (unpaired) electrons. The molecular weight excluding hydrogens is 337 g/mol. The number of rotatable bonds is 9. The van der Waals surface area contributed by atoms with Gasteiger partial charge in [0.2, 0.25) is 0 Å². The Bertz CT molecular complexity index is 676. The third-order valence-electron chi connectivity index (χ3n) is 3.72. The molecule has 0 amide bonds. The molecular formula is C19H26FN3O3. The highest BCUT2D eigenvalue weighted by molar-refractivity contribution is 5.79. The molecule has 0 saturated carbocycles. The number of halogens is 1. The molecule has 0 aliphatic carbocycles. The van der Waals surface area contributed by atoms with E-state index in [1.165, 1.54) is 12.3 Å². The molecule has 2 aromatic rings. The van der Waals surface area contributed by atoms with Gasteiger partial charge in [-0.05, 0) is 37.6 Å². The molecule has 0 bridgehead atoms. The maximum atomic E-state index is 13.7. The van der Waals surface area contributed by atoms with Crippen LogP contribution in [0.5, 0.6) is 5.75 Å². The minimum absolute atomic E-state index is 0.161. The van der Waals surface area contributed by atoms with Gasteiger partial charge in [-0.2, -0.15) is 0 Å². The molecule has 3 N–H and O–H groups in total. The van der Waals surface area contributed by atoms with Crippen LogP contribution >= 0.6 is 0 Å². The Morgan fingerprint density at radius 2 is 2.04 bits per heavy atom. The minimum Gasteiger partial charge on any atom is -0.486 e. The Kier molecular flexibility index (Phi) is 7.95. The largest absolute Gasteiger partial charge is 0.486 e. The van der Waals surface area contributed by atoms with Crippen molar-refractivity contribution >= 4 is 5.96 Å². The van der Waals surface area contributed by atoms with Gasteiger partial charge in [0.15, 0.2) is 17.5 Å². The summed E-state index contributed by atoms with van der Waals surface area (Å²) < 4.78 is 24.6. The Morgan fingerprint density at radius 3 is 2.69 bits per heavy atom. The number of aliphatic imine (C=N–C) groups is 1. The maximum absolute atomic E-state index is 13.7. The predicted molar refractivity (Wildman–Crippen MR) is 98.8 cm³/mol. The van der Waals surface area contributed by atoms with Crippen molar-refractivity contribution in [3.63, 3.8) is 0 Å². The highest BCUT2D eigenvalue weighted by Crippen LogP contribution is 2.18. The molecule has 2 rings (SSSR count). The summed E-state index contributed by atoms with van der Waals surface area (Å²) in [5.74, 6) is 0.872. The first-order valence-corrected chi connectivity index (χ1v) is 8.78. The summed E-state index contributed by atoms with van der Waals surface area (Å²) in [6.07, 6.45) is 1.19. The van der Waals surface area contributed by atoms with Crippen LogP contribution < -0.4 is 15.4 Å². The van der Waals surface area contributed by atoms with E-state index in [2.05, 4.69) is 15.6 Å². The number of furan rings is 1. The lowest BCUT2D eigenvalue weighted by Gasteiger charge is -2.20. The number of ether oxygens (including phenoxy) is 1. The second-order valence-electron chi connectivity index (χ2n) is 5.71. The SMILES string of the molecule is CCNC(=NCC(O)c1ccco1)NCC(CC)Oc1ccccc1F. The smallest absolute Gasteiger partial charge is 0.191 e. The monoisotopic (exact) mass is 363 g/mol. The van der Waals surface area contributed by atoms with Crippen LogP contribution in [0.2, 0.25) is 0 Å². The molecule has 2 atom stereocenters. The topological polar surface area (TPSA) is 79.0 Å². The van der Waals surface area contributed by atoms with Crippen LogP contribution in [0.15, 0.2) is 52.1 Å². The number of benzene rings is 1. The van der Waals surface area contributed by atoms with Crippen LogP contribution in [0.1, 0.15) is 32.1 Å². The molecule has 1 heterocycles. The highest BCUT2D eigenvalue weighted by atomic mass is 19.1. The third kappa shape index (κ3) is 6.07. The summed E-state index contributed by atoms with van der Waals surface area (Å²) in [6, 6.07) is 9.77. The van der Waals surface area contributed by atoms with Crippen LogP contribution in [0, 0.1) is 5.82 Å². The van der Waals surface area contributed by atoms with Gasteiger partial charge in [0.05, 0.1) is 19.4 Å². The van der Waals surface area contributed by atoms with Crippen molar-refractivity contribution in [2.75, 3.05) is 19.6 Å². The van der Waals surface area contributed by atoms with Crippen LogP contribution in [0.4, 0.5) is 4.39 Å². The maximum Gasteiger partial charge on any atom is 0.191 e. The zero-order valence-electron chi connectivity index (χ0n) is 15.1. The van der Waals surface area contributed by atoms with E-state index in [0.717, 1.165) is 0 Å². The summed E-state index contributed by atoms with van der Waals surface area (Å²) in [5.41, 5.74) is 0. The Labute approximate surface area is 153 Å². The molecule has 0 saturated heterocycles. The van der Waals surface area contributed by atoms with Gasteiger partial charge in [-0.15, -0.1) is 0 Å². The highest BCUT2D eigenvalue weighted by Gasteiger charge is 2.13. The molecule has 26 heavy (non-hydrogen) atoms. The number of aliphatic hydroxyl groups is 1. The minimum atomic E-state index is -0.808. The molecule has 1 aromatic carbocycles. The van der Waals surface area contributed by atoms with Gasteiger partial charge in [-0.3, -0.25) is 4.99 Å². The number of hydrogen-bond acceptors (Lipinski definition) is 4. The number of nitrogens with one attached hydrogen (secondary N) is 2. The first kappa shape index (κ1) is 19.8. The predicted octanol–water partition coefficient (Wildman–Crippen LogP) is 2.86. The summed E-state index contributed by atoms with van der Waals surface area (Å²) in [4.78, 5) is 4.36. The van der Waals surface area contributed by atoms with Crippen LogP contribution in [0.25, 0.3) is 0 Å². The van der Waals surface area contributed by atoms with Gasteiger partial charge >= 0.3 is 0 Å². The average Bonchev–Trinajstić information content (AvgIpc) is 3.19. The summed E-state index contributed by atoms with van der Waals surface area (Å²) in [7, 11) is 0. The van der Waals surface area contributed by atoms with Crippen molar-refractivity contribution in [2.45, 2.75) is 32.5 Å². The molecule has 2 unspecified atom stereocenters. The quantitative estimate of drug-likeness (QED) is 0.472. The number of aliphatic hydroxyl groups excluding tert-OH is 1. The second kappa shape index (κ2) is 10.5. The van der Waals surface area contributed by atoms with Crippen LogP contribution in [-0.2, 0) is 0 Å². The normalized spacial score (nSPS) is 13.9. The van der Waals surface area contributed by atoms with E-state index in [4.69, 9.17) is 9.15 Å². The zero-order chi connectivity index (χ0) is 18.8. The van der Waals surface area contributed by atoms with E-state index in [-0.39, 0.29) is 24.2 Å². The van der Waals surface area contributed by atoms with Crippen LogP contribution in [-0.4, -0.2) is 36.8 Å². The Balaban J connectivity index is 1.91. The van der Waals surface area contributed by atoms with Crippen molar-refractivity contribution in [1.29, 1.82) is 0 Å². The molecule has 0 aliphatic rings. The molecule has 1 aromatic heterocycles. The lowest BCUT2D eigenvalue weighted by atomic mass is 10.2. The first-order chi connectivity index (χ1) is 12.6. The number of guanidine groups is 1. The number of nitrogens with zero attached hydrogens (tertiary/aromatic N) is 1. The molecule has 6 nitrogen and oxygen atoms in total. The third-order valence-corrected chi connectivity index (χ3v) is 3.72. The fourth-order valence-electron chi connectivity index (χ4n) is 2.29. The molecule has 0 spiro atoms. The van der Waals surface area contributed by atoms with E-state index in [0.29, 0.717) is 31.2 Å². The zero-order valence-corrected chi connectivity index (χ0v) is 15.1. The van der Waals surface area contributed by atoms with E-state index in [9.17, 15) is 9.50 Å². The van der Waals surface area contributed by atoms with Gasteiger partial charge in [-0.25, -0.2) is 4.39 Å². The van der Waals surface area contributed by atoms with Gasteiger partial charge in [0.1, 0.15) is 18.0 Å². The van der Waals surface area contributed by atoms with E-state index in [1.807, 2.05) is 13.8 Å². The molecule has 142 valence electrons. The summed E-state index contributed by atoms with van der Waals surface area (Å²) in [6.45, 7) is 5.21. The van der Waals surface area contributed by atoms with Crippen molar-refractivity contribution in [2.24, 2.45) is 4.99 Å². The first-order valence-electron chi connectivity index (χ1n) is 8.78. The fourth-order valence-corrected chi connectivity index (χ4v) is 2.29. The molecule has 7 heteroatoms. The van der Waals surface area contributed by atoms with Crippen molar-refractivity contribution in [3.05, 3.63) is 54.2 Å². The van der Waals surface area contributed by atoms with E-state index < -0.39 is 6.10 Å². The van der Waals surface area contributed by atoms with Crippen LogP contribution in [0.3, 0.4) is 0 Å². The van der Waals surface area contributed by atoms with Crippen molar-refractivity contribution < 1.29 is 18.7 Å². The van der Waals surface area contributed by atoms with E-state index >= 15 is 0 Å². The molecule has 0 fully saturated rings. The van der Waals surface area contributed by atoms with Gasteiger partial charge < -0.3 is 24.9 Å². The lowest BCUT2D eigenvalue weighted by molar-refractivity contribution is 0.158. The fraction of sp³-hybridized carbons (Fsp3) is 0.421. The summed E-state index contributed by atoms with van der Waals surface area (Å²) >= 11 is 0. The van der Waals surface area contributed by atoms with Gasteiger partial charge in [-0.1, -0.05) is 19.1 Å². The average molecular weight is 363 g/mol. The second-order valence-corrected chi connectivity index (χ2v) is 5.71. The Morgan fingerprint density at radius 1 is 1.23 bits per heavy atom. The number of hydrogen-bond donors (Lipinski definition) is 3. The van der Waals surface area contributed by atoms with E-state index in [1.54, 1.807) is 30.3 Å². The van der Waals surface area contributed by atoms with Gasteiger partial charge in [0.25, 0.3) is 0 Å². The van der Waals surface area contributed by atoms with Gasteiger partial charge in [0, 0.05) is 6.54 Å². The van der Waals surface area contributed by atoms with Crippen molar-refractivity contribution in [1.82, 2.24) is 10.6 Å². The number of para-hydroxylation sites is 1.